The summed E-state index contributed by atoms with van der Waals surface area (Å²) >= 11 is 4.57. The lowest BCUT2D eigenvalue weighted by Gasteiger charge is -2.06. The molecule has 0 aliphatic rings. The Balaban J connectivity index is 3.13. The van der Waals surface area contributed by atoms with Gasteiger partial charge in [0.1, 0.15) is 0 Å². The van der Waals surface area contributed by atoms with E-state index in [0.29, 0.717) is 17.8 Å². The summed E-state index contributed by atoms with van der Waals surface area (Å²) in [5.74, 6) is 0. The third-order valence-electron chi connectivity index (χ3n) is 1.24. The van der Waals surface area contributed by atoms with Crippen LogP contribution in [0, 0.1) is 0 Å². The predicted molar refractivity (Wildman–Crippen MR) is 47.5 cm³/mol. The van der Waals surface area contributed by atoms with Crippen LogP contribution >= 0.6 is 12.2 Å². The zero-order valence-electron chi connectivity index (χ0n) is 7.06. The molecule has 0 aliphatic carbocycles. The highest BCUT2D eigenvalue weighted by Gasteiger charge is 2.26. The van der Waals surface area contributed by atoms with Crippen LogP contribution in [0.5, 0.6) is 0 Å². The summed E-state index contributed by atoms with van der Waals surface area (Å²) in [6.07, 6.45) is -3.95. The molecule has 0 unspecified atom stereocenters. The third-order valence-corrected chi connectivity index (χ3v) is 1.45. The highest BCUT2D eigenvalue weighted by molar-refractivity contribution is 7.80. The van der Waals surface area contributed by atoms with Crippen molar-refractivity contribution in [3.8, 4) is 0 Å². The van der Waals surface area contributed by atoms with Gasteiger partial charge in [-0.25, -0.2) is 0 Å². The fraction of sp³-hybridized carbons (Fsp3) is 0.857. The van der Waals surface area contributed by atoms with Gasteiger partial charge in [0.25, 0.3) is 0 Å². The molecule has 0 amide bonds. The molecule has 2 nitrogen and oxygen atoms in total. The van der Waals surface area contributed by atoms with E-state index >= 15 is 0 Å². The molecule has 13 heavy (non-hydrogen) atoms. The SMILES string of the molecule is NC(=S)CCCOCCC(F)(F)F. The molecule has 0 spiro atoms. The molecule has 0 heterocycles. The molecule has 0 radical (unpaired) electrons. The van der Waals surface area contributed by atoms with Gasteiger partial charge in [-0.1, -0.05) is 12.2 Å². The summed E-state index contributed by atoms with van der Waals surface area (Å²) in [7, 11) is 0. The van der Waals surface area contributed by atoms with Gasteiger partial charge >= 0.3 is 6.18 Å². The second kappa shape index (κ2) is 6.15. The van der Waals surface area contributed by atoms with Gasteiger partial charge in [0, 0.05) is 6.61 Å². The van der Waals surface area contributed by atoms with E-state index in [1.807, 2.05) is 0 Å². The summed E-state index contributed by atoms with van der Waals surface area (Å²) in [5, 5.41) is 0. The summed E-state index contributed by atoms with van der Waals surface area (Å²) < 4.78 is 39.4. The average molecular weight is 215 g/mol. The summed E-state index contributed by atoms with van der Waals surface area (Å²) in [6.45, 7) is -0.0196. The highest BCUT2D eigenvalue weighted by atomic mass is 32.1. The van der Waals surface area contributed by atoms with Crippen molar-refractivity contribution >= 4 is 17.2 Å². The molecule has 0 rings (SSSR count). The van der Waals surface area contributed by atoms with Crippen molar-refractivity contribution in [3.63, 3.8) is 0 Å². The maximum absolute atomic E-state index is 11.6. The Bertz CT molecular complexity index is 160. The first-order valence-electron chi connectivity index (χ1n) is 3.84. The van der Waals surface area contributed by atoms with Crippen LogP contribution in [0.2, 0.25) is 0 Å². The topological polar surface area (TPSA) is 35.2 Å². The minimum absolute atomic E-state index is 0.271. The van der Waals surface area contributed by atoms with Gasteiger partial charge in [-0.15, -0.1) is 0 Å². The number of halogens is 3. The molecule has 2 N–H and O–H groups in total. The predicted octanol–water partition coefficient (Wildman–Crippen LogP) is 2.02. The van der Waals surface area contributed by atoms with E-state index < -0.39 is 12.6 Å². The lowest BCUT2D eigenvalue weighted by molar-refractivity contribution is -0.145. The first kappa shape index (κ1) is 12.6. The van der Waals surface area contributed by atoms with Crippen molar-refractivity contribution in [2.75, 3.05) is 13.2 Å². The van der Waals surface area contributed by atoms with Crippen molar-refractivity contribution in [2.45, 2.75) is 25.4 Å². The number of hydrogen-bond donors (Lipinski definition) is 1. The fourth-order valence-electron chi connectivity index (χ4n) is 0.638. The smallest absolute Gasteiger partial charge is 0.391 e. The van der Waals surface area contributed by atoms with Gasteiger partial charge in [0.15, 0.2) is 0 Å². The van der Waals surface area contributed by atoms with Crippen LogP contribution in [0.4, 0.5) is 13.2 Å². The molecule has 0 saturated carbocycles. The normalized spacial score (nSPS) is 11.6. The van der Waals surface area contributed by atoms with Crippen molar-refractivity contribution in [2.24, 2.45) is 5.73 Å². The van der Waals surface area contributed by atoms with Gasteiger partial charge < -0.3 is 10.5 Å². The summed E-state index contributed by atoms with van der Waals surface area (Å²) in [5.41, 5.74) is 5.17. The van der Waals surface area contributed by atoms with Gasteiger partial charge in [0.05, 0.1) is 18.0 Å². The van der Waals surface area contributed by atoms with Gasteiger partial charge in [-0.2, -0.15) is 13.2 Å². The lowest BCUT2D eigenvalue weighted by atomic mass is 10.3. The van der Waals surface area contributed by atoms with E-state index in [4.69, 9.17) is 10.5 Å². The number of hydrogen-bond acceptors (Lipinski definition) is 2. The second-order valence-corrected chi connectivity index (χ2v) is 3.07. The third kappa shape index (κ3) is 11.6. The minimum Gasteiger partial charge on any atom is -0.393 e. The number of alkyl halides is 3. The monoisotopic (exact) mass is 215 g/mol. The quantitative estimate of drug-likeness (QED) is 0.544. The molecule has 0 aromatic carbocycles. The Morgan fingerprint density at radius 2 is 1.92 bits per heavy atom. The summed E-state index contributed by atoms with van der Waals surface area (Å²) in [6, 6.07) is 0. The standard InChI is InChI=1S/C7H12F3NOS/c8-7(9,10)3-5-12-4-1-2-6(11)13/h1-5H2,(H2,11,13). The Labute approximate surface area is 80.2 Å². The van der Waals surface area contributed by atoms with E-state index in [1.165, 1.54) is 0 Å². The van der Waals surface area contributed by atoms with Crippen LogP contribution in [0.25, 0.3) is 0 Å². The zero-order valence-corrected chi connectivity index (χ0v) is 7.88. The number of thiocarbonyl (C=S) groups is 1. The van der Waals surface area contributed by atoms with Crippen molar-refractivity contribution in [1.29, 1.82) is 0 Å². The van der Waals surface area contributed by atoms with Crippen molar-refractivity contribution in [1.82, 2.24) is 0 Å². The molecular formula is C7H12F3NOS. The largest absolute Gasteiger partial charge is 0.393 e. The zero-order chi connectivity index (χ0) is 10.3. The van der Waals surface area contributed by atoms with Gasteiger partial charge in [-0.3, -0.25) is 0 Å². The van der Waals surface area contributed by atoms with Gasteiger partial charge in [-0.05, 0) is 12.8 Å². The van der Waals surface area contributed by atoms with Crippen molar-refractivity contribution < 1.29 is 17.9 Å². The molecule has 0 bridgehead atoms. The van der Waals surface area contributed by atoms with E-state index in [1.54, 1.807) is 0 Å². The molecule has 0 fully saturated rings. The molecule has 0 atom stereocenters. The molecule has 78 valence electrons. The number of nitrogens with two attached hydrogens (primary N) is 1. The average Bonchev–Trinajstić information content (AvgIpc) is 1.93. The minimum atomic E-state index is -4.14. The molecular weight excluding hydrogens is 203 g/mol. The highest BCUT2D eigenvalue weighted by Crippen LogP contribution is 2.18. The Morgan fingerprint density at radius 3 is 2.38 bits per heavy atom. The van der Waals surface area contributed by atoms with E-state index in [9.17, 15) is 13.2 Å². The van der Waals surface area contributed by atoms with Crippen LogP contribution in [0.3, 0.4) is 0 Å². The lowest BCUT2D eigenvalue weighted by Crippen LogP contribution is -2.13. The van der Waals surface area contributed by atoms with Crippen LogP contribution < -0.4 is 5.73 Å². The Morgan fingerprint density at radius 1 is 1.31 bits per heavy atom. The molecule has 0 aromatic heterocycles. The summed E-state index contributed by atoms with van der Waals surface area (Å²) in [4.78, 5) is 0.361. The molecule has 0 aromatic rings. The Hall–Kier alpha value is -0.360. The van der Waals surface area contributed by atoms with Crippen molar-refractivity contribution in [3.05, 3.63) is 0 Å². The molecule has 0 saturated heterocycles. The number of rotatable bonds is 6. The number of ether oxygens (including phenoxy) is 1. The first-order chi connectivity index (χ1) is 5.92. The second-order valence-electron chi connectivity index (χ2n) is 2.55. The maximum Gasteiger partial charge on any atom is 0.391 e. The van der Waals surface area contributed by atoms with E-state index in [-0.39, 0.29) is 13.2 Å². The van der Waals surface area contributed by atoms with Crippen LogP contribution in [0.15, 0.2) is 0 Å². The Kier molecular flexibility index (Phi) is 5.98. The van der Waals surface area contributed by atoms with Gasteiger partial charge in [0.2, 0.25) is 0 Å². The molecule has 6 heteroatoms. The maximum atomic E-state index is 11.6. The van der Waals surface area contributed by atoms with Crippen LogP contribution in [-0.2, 0) is 4.74 Å². The van der Waals surface area contributed by atoms with Crippen LogP contribution in [0.1, 0.15) is 19.3 Å². The van der Waals surface area contributed by atoms with Crippen LogP contribution in [-0.4, -0.2) is 24.4 Å². The van der Waals surface area contributed by atoms with E-state index in [0.717, 1.165) is 0 Å². The molecule has 0 aliphatic heterocycles. The fourth-order valence-corrected chi connectivity index (χ4v) is 0.783. The first-order valence-corrected chi connectivity index (χ1v) is 4.25. The van der Waals surface area contributed by atoms with E-state index in [2.05, 4.69) is 12.2 Å².